The number of isocyanates is 4. The highest BCUT2D eigenvalue weighted by molar-refractivity contribution is 5.34. The highest BCUT2D eigenvalue weighted by Gasteiger charge is 2.41. The van der Waals surface area contributed by atoms with Gasteiger partial charge in [0.05, 0.1) is 25.7 Å². The molecule has 1 aliphatic carbocycles. The van der Waals surface area contributed by atoms with Crippen LogP contribution in [-0.4, -0.2) is 50.0 Å². The number of hydrogen-bond donors (Lipinski definition) is 0. The Balaban J connectivity index is 0.000000547. The topological polar surface area (TPSA) is 118 Å². The number of carbonyl (C=O) groups excluding carboxylic acids is 4. The molecule has 0 radical (unpaired) electrons. The van der Waals surface area contributed by atoms with Crippen LogP contribution in [0.4, 0.5) is 0 Å². The maximum atomic E-state index is 10.3. The van der Waals surface area contributed by atoms with Crippen molar-refractivity contribution in [2.75, 3.05) is 19.6 Å². The van der Waals surface area contributed by atoms with E-state index in [1.54, 1.807) is 12.2 Å². The molecule has 2 atom stereocenters. The second-order valence-electron chi connectivity index (χ2n) is 7.14. The molecule has 0 aromatic carbocycles. The van der Waals surface area contributed by atoms with E-state index < -0.39 is 0 Å². The molecule has 0 heterocycles. The normalized spacial score (nSPS) is 23.2. The Morgan fingerprint density at radius 3 is 1.88 bits per heavy atom. The molecule has 0 amide bonds. The van der Waals surface area contributed by atoms with Crippen LogP contribution in [0.5, 0.6) is 0 Å². The van der Waals surface area contributed by atoms with Gasteiger partial charge in [-0.15, -0.1) is 0 Å². The molecule has 25 heavy (non-hydrogen) atoms. The van der Waals surface area contributed by atoms with E-state index in [0.29, 0.717) is 26.1 Å². The molecule has 8 heteroatoms. The van der Waals surface area contributed by atoms with Gasteiger partial charge in [-0.1, -0.05) is 20.8 Å². The summed E-state index contributed by atoms with van der Waals surface area (Å²) in [5.74, 6) is 0. The smallest absolute Gasteiger partial charge is 0.211 e. The Bertz CT molecular complexity index is 590. The molecule has 1 saturated carbocycles. The van der Waals surface area contributed by atoms with E-state index in [9.17, 15) is 19.2 Å². The van der Waals surface area contributed by atoms with Crippen molar-refractivity contribution >= 4 is 24.3 Å². The van der Waals surface area contributed by atoms with Crippen LogP contribution in [0.25, 0.3) is 0 Å². The monoisotopic (exact) mass is 348 g/mol. The molecular weight excluding hydrogens is 324 g/mol. The van der Waals surface area contributed by atoms with Crippen LogP contribution in [0.1, 0.15) is 46.5 Å². The summed E-state index contributed by atoms with van der Waals surface area (Å²) in [7, 11) is 0. The average molecular weight is 348 g/mol. The van der Waals surface area contributed by atoms with Crippen LogP contribution >= 0.6 is 0 Å². The van der Waals surface area contributed by atoms with Crippen molar-refractivity contribution < 1.29 is 19.2 Å². The van der Waals surface area contributed by atoms with Crippen LogP contribution in [-0.2, 0) is 19.2 Å². The van der Waals surface area contributed by atoms with Gasteiger partial charge in [-0.05, 0) is 36.5 Å². The third-order valence-corrected chi connectivity index (χ3v) is 3.85. The Morgan fingerprint density at radius 2 is 1.40 bits per heavy atom. The summed E-state index contributed by atoms with van der Waals surface area (Å²) in [5.41, 5.74) is 0.0561. The lowest BCUT2D eigenvalue weighted by molar-refractivity contribution is 0.0915. The van der Waals surface area contributed by atoms with Gasteiger partial charge in [-0.3, -0.25) is 0 Å². The summed E-state index contributed by atoms with van der Waals surface area (Å²) in [6, 6.07) is 0.00750. The first-order valence-corrected chi connectivity index (χ1v) is 8.00. The van der Waals surface area contributed by atoms with Crippen LogP contribution in [0.15, 0.2) is 20.0 Å². The van der Waals surface area contributed by atoms with E-state index >= 15 is 0 Å². The predicted octanol–water partition coefficient (Wildman–Crippen LogP) is 2.29. The zero-order valence-electron chi connectivity index (χ0n) is 14.9. The van der Waals surface area contributed by atoms with E-state index in [-0.39, 0.29) is 16.9 Å². The zero-order valence-corrected chi connectivity index (χ0v) is 14.9. The molecule has 8 nitrogen and oxygen atoms in total. The molecule has 0 saturated heterocycles. The second kappa shape index (κ2) is 12.0. The van der Waals surface area contributed by atoms with Gasteiger partial charge < -0.3 is 0 Å². The SMILES string of the molecule is CC1(C)CC(N=C=O)CC(C)(CN=C=O)C1.O=C=NCCCN=C=O. The fourth-order valence-electron chi connectivity index (χ4n) is 3.41. The van der Waals surface area contributed by atoms with Crippen molar-refractivity contribution in [3.05, 3.63) is 0 Å². The minimum absolute atomic E-state index is 0.00750. The first kappa shape index (κ1) is 22.5. The highest BCUT2D eigenvalue weighted by Crippen LogP contribution is 2.47. The molecule has 1 rings (SSSR count). The minimum atomic E-state index is -0.0653. The fraction of sp³-hybridized carbons (Fsp3) is 0.765. The summed E-state index contributed by atoms with van der Waals surface area (Å²) in [4.78, 5) is 53.4. The van der Waals surface area contributed by atoms with Gasteiger partial charge in [0.1, 0.15) is 0 Å². The van der Waals surface area contributed by atoms with Crippen LogP contribution in [0, 0.1) is 10.8 Å². The molecule has 2 unspecified atom stereocenters. The van der Waals surface area contributed by atoms with Gasteiger partial charge >= 0.3 is 0 Å². The Morgan fingerprint density at radius 1 is 0.840 bits per heavy atom. The van der Waals surface area contributed by atoms with Crippen molar-refractivity contribution in [1.29, 1.82) is 0 Å². The summed E-state index contributed by atoms with van der Waals surface area (Å²) in [6.07, 6.45) is 9.24. The molecule has 136 valence electrons. The molecule has 1 fully saturated rings. The van der Waals surface area contributed by atoms with E-state index in [4.69, 9.17) is 0 Å². The van der Waals surface area contributed by atoms with E-state index in [2.05, 4.69) is 40.7 Å². The van der Waals surface area contributed by atoms with Crippen molar-refractivity contribution in [2.24, 2.45) is 30.8 Å². The summed E-state index contributed by atoms with van der Waals surface area (Å²) >= 11 is 0. The van der Waals surface area contributed by atoms with Gasteiger partial charge in [-0.2, -0.15) is 0 Å². The number of hydrogen-bond acceptors (Lipinski definition) is 8. The van der Waals surface area contributed by atoms with Gasteiger partial charge in [-0.25, -0.2) is 39.1 Å². The Labute approximate surface area is 147 Å². The number of rotatable bonds is 7. The first-order valence-electron chi connectivity index (χ1n) is 8.00. The average Bonchev–Trinajstić information content (AvgIpc) is 2.52. The third-order valence-electron chi connectivity index (χ3n) is 3.85. The van der Waals surface area contributed by atoms with Crippen molar-refractivity contribution in [1.82, 2.24) is 0 Å². The first-order chi connectivity index (χ1) is 11.8. The van der Waals surface area contributed by atoms with E-state index in [1.807, 2.05) is 0 Å². The number of nitrogens with zero attached hydrogens (tertiary/aromatic N) is 4. The van der Waals surface area contributed by atoms with Gasteiger partial charge in [0, 0.05) is 0 Å². The minimum Gasteiger partial charge on any atom is -0.211 e. The van der Waals surface area contributed by atoms with Crippen LogP contribution in [0.2, 0.25) is 0 Å². The quantitative estimate of drug-likeness (QED) is 0.398. The maximum Gasteiger partial charge on any atom is 0.235 e. The van der Waals surface area contributed by atoms with Crippen LogP contribution < -0.4 is 0 Å². The second-order valence-corrected chi connectivity index (χ2v) is 7.14. The summed E-state index contributed by atoms with van der Waals surface area (Å²) in [5, 5.41) is 0. The Kier molecular flexibility index (Phi) is 10.8. The predicted molar refractivity (Wildman–Crippen MR) is 91.2 cm³/mol. The fourth-order valence-corrected chi connectivity index (χ4v) is 3.41. The molecular formula is C17H24N4O4. The summed E-state index contributed by atoms with van der Waals surface area (Å²) in [6.45, 7) is 7.63. The standard InChI is InChI=1S/C12H18N2O2.C5H6N2O2/c1-11(2)4-10(14-9-16)5-12(3,6-11)7-13-8-15;8-4-6-2-1-3-7-5-9/h10H,4-7H2,1-3H3;1-3H2. The molecule has 0 bridgehead atoms. The van der Waals surface area contributed by atoms with Crippen LogP contribution in [0.3, 0.4) is 0 Å². The molecule has 1 aliphatic rings. The molecule has 0 spiro atoms. The largest absolute Gasteiger partial charge is 0.235 e. The van der Waals surface area contributed by atoms with E-state index in [1.165, 1.54) is 12.2 Å². The molecule has 0 N–H and O–H groups in total. The van der Waals surface area contributed by atoms with Gasteiger partial charge in [0.15, 0.2) is 0 Å². The van der Waals surface area contributed by atoms with Crippen molar-refractivity contribution in [3.8, 4) is 0 Å². The molecule has 0 aliphatic heterocycles. The number of aliphatic imine (C=N–C) groups is 4. The molecule has 0 aromatic rings. The zero-order chi connectivity index (χ0) is 19.2. The van der Waals surface area contributed by atoms with E-state index in [0.717, 1.165) is 19.3 Å². The molecule has 0 aromatic heterocycles. The summed E-state index contributed by atoms with van der Waals surface area (Å²) < 4.78 is 0. The van der Waals surface area contributed by atoms with Crippen molar-refractivity contribution in [3.63, 3.8) is 0 Å². The van der Waals surface area contributed by atoms with Crippen molar-refractivity contribution in [2.45, 2.75) is 52.5 Å². The Hall–Kier alpha value is -2.48. The lowest BCUT2D eigenvalue weighted by atomic mass is 9.63. The third kappa shape index (κ3) is 10.8. The lowest BCUT2D eigenvalue weighted by Gasteiger charge is -2.44. The highest BCUT2D eigenvalue weighted by atomic mass is 16.1. The van der Waals surface area contributed by atoms with Gasteiger partial charge in [0.2, 0.25) is 24.3 Å². The van der Waals surface area contributed by atoms with Gasteiger partial charge in [0.25, 0.3) is 0 Å². The lowest BCUT2D eigenvalue weighted by Crippen LogP contribution is -2.39. The maximum absolute atomic E-state index is 10.3.